The van der Waals surface area contributed by atoms with Crippen molar-refractivity contribution in [3.05, 3.63) is 52.2 Å². The van der Waals surface area contributed by atoms with E-state index in [2.05, 4.69) is 5.32 Å². The summed E-state index contributed by atoms with van der Waals surface area (Å²) in [5.74, 6) is 0.612. The molecule has 0 saturated heterocycles. The number of nitrogens with one attached hydrogen (secondary N) is 1. The van der Waals surface area contributed by atoms with Crippen molar-refractivity contribution in [2.24, 2.45) is 0 Å². The molecule has 1 atom stereocenters. The minimum atomic E-state index is -0.657. The highest BCUT2D eigenvalue weighted by Crippen LogP contribution is 2.15. The quantitative estimate of drug-likeness (QED) is 0.857. The fourth-order valence-corrected chi connectivity index (χ4v) is 2.53. The number of aliphatic hydroxyl groups is 1. The van der Waals surface area contributed by atoms with Gasteiger partial charge in [0.05, 0.1) is 19.6 Å². The van der Waals surface area contributed by atoms with E-state index in [1.54, 1.807) is 7.11 Å². The average molecular weight is 291 g/mol. The van der Waals surface area contributed by atoms with Crippen LogP contribution in [0.25, 0.3) is 0 Å². The van der Waals surface area contributed by atoms with E-state index in [1.165, 1.54) is 11.3 Å². The van der Waals surface area contributed by atoms with E-state index in [4.69, 9.17) is 4.74 Å². The fraction of sp³-hybridized carbons (Fsp3) is 0.267. The summed E-state index contributed by atoms with van der Waals surface area (Å²) in [7, 11) is 1.59. The maximum Gasteiger partial charge on any atom is 0.224 e. The first kappa shape index (κ1) is 14.6. The standard InChI is InChI=1S/C15H17NO3S/c1-19-13-4-2-3-11(7-13)8-15(18)16-9-14(17)12-5-6-20-10-12/h2-7,10,14,17H,8-9H2,1H3,(H,16,18)/t14-/m0/s1. The van der Waals surface area contributed by atoms with Gasteiger partial charge in [-0.25, -0.2) is 0 Å². The number of benzene rings is 1. The molecule has 0 aliphatic heterocycles. The van der Waals surface area contributed by atoms with Crippen LogP contribution in [0.5, 0.6) is 5.75 Å². The molecule has 0 aliphatic carbocycles. The van der Waals surface area contributed by atoms with Crippen LogP contribution in [0, 0.1) is 0 Å². The first-order valence-corrected chi connectivity index (χ1v) is 7.23. The van der Waals surface area contributed by atoms with Gasteiger partial charge in [0.25, 0.3) is 0 Å². The van der Waals surface area contributed by atoms with Crippen LogP contribution < -0.4 is 10.1 Å². The predicted molar refractivity (Wildman–Crippen MR) is 79.0 cm³/mol. The Hall–Kier alpha value is -1.85. The van der Waals surface area contributed by atoms with Gasteiger partial charge in [0.2, 0.25) is 5.91 Å². The molecule has 0 aliphatic rings. The number of carbonyl (C=O) groups excluding carboxylic acids is 1. The van der Waals surface area contributed by atoms with Crippen LogP contribution in [0.15, 0.2) is 41.1 Å². The molecule has 1 aromatic heterocycles. The van der Waals surface area contributed by atoms with Gasteiger partial charge in [0.1, 0.15) is 5.75 Å². The summed E-state index contributed by atoms with van der Waals surface area (Å²) in [5, 5.41) is 16.4. The minimum Gasteiger partial charge on any atom is -0.497 e. The molecule has 2 rings (SSSR count). The van der Waals surface area contributed by atoms with Gasteiger partial charge in [-0.15, -0.1) is 0 Å². The zero-order valence-electron chi connectivity index (χ0n) is 11.2. The number of hydrogen-bond donors (Lipinski definition) is 2. The lowest BCUT2D eigenvalue weighted by molar-refractivity contribution is -0.120. The summed E-state index contributed by atoms with van der Waals surface area (Å²) in [6.07, 6.45) is -0.386. The monoisotopic (exact) mass is 291 g/mol. The number of ether oxygens (including phenoxy) is 1. The average Bonchev–Trinajstić information content (AvgIpc) is 2.99. The molecule has 5 heteroatoms. The molecule has 0 saturated carbocycles. The van der Waals surface area contributed by atoms with Gasteiger partial charge >= 0.3 is 0 Å². The molecule has 0 unspecified atom stereocenters. The van der Waals surface area contributed by atoms with E-state index in [-0.39, 0.29) is 18.9 Å². The van der Waals surface area contributed by atoms with Crippen molar-refractivity contribution < 1.29 is 14.6 Å². The fourth-order valence-electron chi connectivity index (χ4n) is 1.82. The van der Waals surface area contributed by atoms with Crippen LogP contribution >= 0.6 is 11.3 Å². The summed E-state index contributed by atoms with van der Waals surface area (Å²) in [6, 6.07) is 9.24. The Balaban J connectivity index is 1.83. The number of carbonyl (C=O) groups is 1. The second kappa shape index (κ2) is 7.07. The van der Waals surface area contributed by atoms with Crippen LogP contribution in [0.2, 0.25) is 0 Å². The Morgan fingerprint density at radius 1 is 1.45 bits per heavy atom. The summed E-state index contributed by atoms with van der Waals surface area (Å²) < 4.78 is 5.11. The van der Waals surface area contributed by atoms with Crippen LogP contribution in [0.4, 0.5) is 0 Å². The van der Waals surface area contributed by atoms with Gasteiger partial charge < -0.3 is 15.2 Å². The lowest BCUT2D eigenvalue weighted by atomic mass is 10.1. The molecule has 1 heterocycles. The Morgan fingerprint density at radius 3 is 3.00 bits per heavy atom. The van der Waals surface area contributed by atoms with Crippen molar-refractivity contribution in [2.75, 3.05) is 13.7 Å². The molecule has 0 radical (unpaired) electrons. The van der Waals surface area contributed by atoms with E-state index in [1.807, 2.05) is 41.1 Å². The molecule has 20 heavy (non-hydrogen) atoms. The first-order chi connectivity index (χ1) is 9.69. The maximum absolute atomic E-state index is 11.8. The Labute approximate surface area is 122 Å². The van der Waals surface area contributed by atoms with E-state index in [9.17, 15) is 9.90 Å². The van der Waals surface area contributed by atoms with E-state index in [0.717, 1.165) is 16.9 Å². The first-order valence-electron chi connectivity index (χ1n) is 6.29. The molecule has 1 amide bonds. The highest BCUT2D eigenvalue weighted by atomic mass is 32.1. The summed E-state index contributed by atoms with van der Waals surface area (Å²) in [4.78, 5) is 11.8. The Morgan fingerprint density at radius 2 is 2.30 bits per heavy atom. The topological polar surface area (TPSA) is 58.6 Å². The number of hydrogen-bond acceptors (Lipinski definition) is 4. The van der Waals surface area contributed by atoms with Gasteiger partial charge in [-0.3, -0.25) is 4.79 Å². The van der Waals surface area contributed by atoms with E-state index in [0.29, 0.717) is 0 Å². The van der Waals surface area contributed by atoms with Crippen LogP contribution in [-0.2, 0) is 11.2 Å². The normalized spacial score (nSPS) is 11.9. The third kappa shape index (κ3) is 4.08. The van der Waals surface area contributed by atoms with Crippen LogP contribution in [0.1, 0.15) is 17.2 Å². The summed E-state index contributed by atoms with van der Waals surface area (Å²) in [5.41, 5.74) is 1.71. The largest absolute Gasteiger partial charge is 0.497 e. The third-order valence-electron chi connectivity index (χ3n) is 2.92. The van der Waals surface area contributed by atoms with E-state index < -0.39 is 6.10 Å². The van der Waals surface area contributed by atoms with Crippen molar-refractivity contribution in [2.45, 2.75) is 12.5 Å². The predicted octanol–water partition coefficient (Wildman–Crippen LogP) is 2.15. The van der Waals surface area contributed by atoms with Gasteiger partial charge in [0, 0.05) is 6.54 Å². The van der Waals surface area contributed by atoms with Crippen molar-refractivity contribution >= 4 is 17.2 Å². The lowest BCUT2D eigenvalue weighted by Crippen LogP contribution is -2.29. The molecule has 0 bridgehead atoms. The zero-order chi connectivity index (χ0) is 14.4. The number of thiophene rings is 1. The summed E-state index contributed by atoms with van der Waals surface area (Å²) in [6.45, 7) is 0.222. The highest BCUT2D eigenvalue weighted by molar-refractivity contribution is 7.07. The zero-order valence-corrected chi connectivity index (χ0v) is 12.0. The molecule has 0 fully saturated rings. The lowest BCUT2D eigenvalue weighted by Gasteiger charge is -2.11. The minimum absolute atomic E-state index is 0.118. The van der Waals surface area contributed by atoms with Crippen molar-refractivity contribution in [1.29, 1.82) is 0 Å². The SMILES string of the molecule is COc1cccc(CC(=O)NC[C@H](O)c2ccsc2)c1. The highest BCUT2D eigenvalue weighted by Gasteiger charge is 2.10. The second-order valence-electron chi connectivity index (χ2n) is 4.40. The molecule has 106 valence electrons. The smallest absolute Gasteiger partial charge is 0.224 e. The van der Waals surface area contributed by atoms with Crippen molar-refractivity contribution in [3.8, 4) is 5.75 Å². The van der Waals surface area contributed by atoms with Gasteiger partial charge in [-0.05, 0) is 40.1 Å². The number of methoxy groups -OCH3 is 1. The third-order valence-corrected chi connectivity index (χ3v) is 3.62. The Kier molecular flexibility index (Phi) is 5.15. The van der Waals surface area contributed by atoms with Crippen LogP contribution in [0.3, 0.4) is 0 Å². The summed E-state index contributed by atoms with van der Waals surface area (Å²) >= 11 is 1.52. The molecular weight excluding hydrogens is 274 g/mol. The van der Waals surface area contributed by atoms with E-state index >= 15 is 0 Å². The van der Waals surface area contributed by atoms with Crippen molar-refractivity contribution in [3.63, 3.8) is 0 Å². The second-order valence-corrected chi connectivity index (χ2v) is 5.18. The van der Waals surface area contributed by atoms with Crippen molar-refractivity contribution in [1.82, 2.24) is 5.32 Å². The maximum atomic E-state index is 11.8. The van der Waals surface area contributed by atoms with Gasteiger partial charge in [-0.1, -0.05) is 12.1 Å². The van der Waals surface area contributed by atoms with Gasteiger partial charge in [0.15, 0.2) is 0 Å². The van der Waals surface area contributed by atoms with Gasteiger partial charge in [-0.2, -0.15) is 11.3 Å². The number of aliphatic hydroxyl groups excluding tert-OH is 1. The molecular formula is C15H17NO3S. The number of amides is 1. The molecule has 1 aromatic carbocycles. The molecule has 2 N–H and O–H groups in total. The molecule has 4 nitrogen and oxygen atoms in total. The number of rotatable bonds is 6. The Bertz CT molecular complexity index is 554. The van der Waals surface area contributed by atoms with Crippen LogP contribution in [-0.4, -0.2) is 24.7 Å². The molecule has 2 aromatic rings. The molecule has 0 spiro atoms.